The summed E-state index contributed by atoms with van der Waals surface area (Å²) in [5, 5.41) is 4.85. The third kappa shape index (κ3) is 3.30. The Morgan fingerprint density at radius 3 is 2.71 bits per heavy atom. The summed E-state index contributed by atoms with van der Waals surface area (Å²) in [6.45, 7) is 10.3. The summed E-state index contributed by atoms with van der Waals surface area (Å²) >= 11 is 0. The summed E-state index contributed by atoms with van der Waals surface area (Å²) in [4.78, 5) is 6.13. The maximum Gasteiger partial charge on any atom is 0.0459 e. The zero-order chi connectivity index (χ0) is 14.7. The predicted molar refractivity (Wildman–Crippen MR) is 89.6 cm³/mol. The Morgan fingerprint density at radius 1 is 1.19 bits per heavy atom. The van der Waals surface area contributed by atoms with Crippen molar-refractivity contribution in [3.05, 3.63) is 35.5 Å². The van der Waals surface area contributed by atoms with E-state index < -0.39 is 0 Å². The van der Waals surface area contributed by atoms with Gasteiger partial charge >= 0.3 is 0 Å². The molecule has 1 aliphatic rings. The van der Waals surface area contributed by atoms with Crippen LogP contribution in [-0.4, -0.2) is 36.1 Å². The van der Waals surface area contributed by atoms with Crippen LogP contribution in [0.3, 0.4) is 0 Å². The van der Waals surface area contributed by atoms with Crippen LogP contribution in [0.1, 0.15) is 31.0 Å². The summed E-state index contributed by atoms with van der Waals surface area (Å²) in [6.07, 6.45) is 2.65. The van der Waals surface area contributed by atoms with Gasteiger partial charge in [0.2, 0.25) is 0 Å². The van der Waals surface area contributed by atoms with E-state index in [-0.39, 0.29) is 0 Å². The highest BCUT2D eigenvalue weighted by Gasteiger charge is 2.18. The van der Waals surface area contributed by atoms with Gasteiger partial charge in [0.1, 0.15) is 0 Å². The minimum absolute atomic E-state index is 0.858. The highest BCUT2D eigenvalue weighted by Crippen LogP contribution is 2.24. The highest BCUT2D eigenvalue weighted by atomic mass is 15.1. The number of hydrogen-bond acceptors (Lipinski definition) is 2. The normalized spacial score (nSPS) is 16.9. The van der Waals surface area contributed by atoms with E-state index in [1.165, 1.54) is 54.6 Å². The Morgan fingerprint density at radius 2 is 1.95 bits per heavy atom. The number of nitrogens with one attached hydrogen (secondary N) is 2. The first-order valence-corrected chi connectivity index (χ1v) is 8.27. The number of rotatable bonds is 5. The van der Waals surface area contributed by atoms with Crippen LogP contribution >= 0.6 is 0 Å². The van der Waals surface area contributed by atoms with Gasteiger partial charge in [0.15, 0.2) is 0 Å². The van der Waals surface area contributed by atoms with Gasteiger partial charge < -0.3 is 10.3 Å². The summed E-state index contributed by atoms with van der Waals surface area (Å²) in [5.74, 6) is 0.858. The number of piperidine rings is 1. The molecule has 0 amide bonds. The molecule has 0 aliphatic carbocycles. The van der Waals surface area contributed by atoms with Gasteiger partial charge in [-0.25, -0.2) is 0 Å². The molecule has 3 nitrogen and oxygen atoms in total. The molecule has 0 saturated carbocycles. The van der Waals surface area contributed by atoms with E-state index in [9.17, 15) is 0 Å². The number of fused-ring (bicyclic) bond motifs is 1. The number of para-hydroxylation sites is 1. The third-order valence-electron chi connectivity index (χ3n) is 4.83. The largest absolute Gasteiger partial charge is 0.358 e. The SMILES string of the molecule is CCN(Cc1c(C)[nH]c2ccccc12)CC1CCNCC1. The fourth-order valence-corrected chi connectivity index (χ4v) is 3.50. The van der Waals surface area contributed by atoms with Crippen molar-refractivity contribution in [2.45, 2.75) is 33.2 Å². The molecule has 2 N–H and O–H groups in total. The van der Waals surface area contributed by atoms with E-state index in [4.69, 9.17) is 0 Å². The first kappa shape index (κ1) is 14.6. The average Bonchev–Trinajstić information content (AvgIpc) is 2.83. The Balaban J connectivity index is 1.74. The van der Waals surface area contributed by atoms with Gasteiger partial charge in [0.25, 0.3) is 0 Å². The van der Waals surface area contributed by atoms with Crippen LogP contribution < -0.4 is 5.32 Å². The first-order chi connectivity index (χ1) is 10.3. The molecular formula is C18H27N3. The molecule has 1 aliphatic heterocycles. The second-order valence-corrected chi connectivity index (χ2v) is 6.30. The van der Waals surface area contributed by atoms with Crippen molar-refractivity contribution in [2.75, 3.05) is 26.2 Å². The number of aromatic amines is 1. The Labute approximate surface area is 127 Å². The van der Waals surface area contributed by atoms with Gasteiger partial charge in [-0.2, -0.15) is 0 Å². The summed E-state index contributed by atoms with van der Waals surface area (Å²) in [6, 6.07) is 8.67. The molecule has 0 atom stereocenters. The van der Waals surface area contributed by atoms with Crippen LogP contribution in [0.25, 0.3) is 10.9 Å². The van der Waals surface area contributed by atoms with Gasteiger partial charge in [0.05, 0.1) is 0 Å². The summed E-state index contributed by atoms with van der Waals surface area (Å²) in [5.41, 5.74) is 4.06. The quantitative estimate of drug-likeness (QED) is 0.883. The van der Waals surface area contributed by atoms with Crippen LogP contribution in [0.4, 0.5) is 0 Å². The monoisotopic (exact) mass is 285 g/mol. The van der Waals surface area contributed by atoms with E-state index in [2.05, 4.69) is 53.3 Å². The summed E-state index contributed by atoms with van der Waals surface area (Å²) in [7, 11) is 0. The molecule has 1 aromatic heterocycles. The smallest absolute Gasteiger partial charge is 0.0459 e. The van der Waals surface area contributed by atoms with Crippen molar-refractivity contribution >= 4 is 10.9 Å². The van der Waals surface area contributed by atoms with Crippen LogP contribution in [0.15, 0.2) is 24.3 Å². The molecule has 3 heteroatoms. The molecule has 0 unspecified atom stereocenters. The molecule has 2 aromatic rings. The molecule has 1 fully saturated rings. The zero-order valence-electron chi connectivity index (χ0n) is 13.3. The standard InChI is InChI=1S/C18H27N3/c1-3-21(12-15-8-10-19-11-9-15)13-17-14(2)20-18-7-5-4-6-16(17)18/h4-7,15,19-20H,3,8-13H2,1-2H3. The van der Waals surface area contributed by atoms with Crippen molar-refractivity contribution in [2.24, 2.45) is 5.92 Å². The van der Waals surface area contributed by atoms with Gasteiger partial charge in [-0.3, -0.25) is 4.90 Å². The van der Waals surface area contributed by atoms with Crippen LogP contribution in [-0.2, 0) is 6.54 Å². The van der Waals surface area contributed by atoms with Crippen molar-refractivity contribution in [1.82, 2.24) is 15.2 Å². The van der Waals surface area contributed by atoms with Crippen molar-refractivity contribution in [3.63, 3.8) is 0 Å². The third-order valence-corrected chi connectivity index (χ3v) is 4.83. The molecule has 1 aromatic carbocycles. The van der Waals surface area contributed by atoms with Gasteiger partial charge in [-0.15, -0.1) is 0 Å². The molecule has 114 valence electrons. The lowest BCUT2D eigenvalue weighted by Crippen LogP contribution is -2.36. The number of aromatic nitrogens is 1. The van der Waals surface area contributed by atoms with Gasteiger partial charge in [0, 0.05) is 29.7 Å². The van der Waals surface area contributed by atoms with Crippen LogP contribution in [0.2, 0.25) is 0 Å². The number of nitrogens with zero attached hydrogens (tertiary/aromatic N) is 1. The lowest BCUT2D eigenvalue weighted by molar-refractivity contribution is 0.207. The maximum absolute atomic E-state index is 3.52. The number of benzene rings is 1. The number of hydrogen-bond donors (Lipinski definition) is 2. The Kier molecular flexibility index (Phi) is 4.61. The lowest BCUT2D eigenvalue weighted by Gasteiger charge is -2.29. The minimum Gasteiger partial charge on any atom is -0.358 e. The lowest BCUT2D eigenvalue weighted by atomic mass is 9.97. The maximum atomic E-state index is 3.52. The number of H-pyrrole nitrogens is 1. The van der Waals surface area contributed by atoms with E-state index in [0.29, 0.717) is 0 Å². The molecule has 3 rings (SSSR count). The average molecular weight is 285 g/mol. The first-order valence-electron chi connectivity index (χ1n) is 8.27. The zero-order valence-corrected chi connectivity index (χ0v) is 13.3. The topological polar surface area (TPSA) is 31.1 Å². The molecule has 21 heavy (non-hydrogen) atoms. The van der Waals surface area contributed by atoms with Crippen molar-refractivity contribution in [1.29, 1.82) is 0 Å². The Hall–Kier alpha value is -1.32. The van der Waals surface area contributed by atoms with E-state index in [1.54, 1.807) is 0 Å². The van der Waals surface area contributed by atoms with E-state index in [0.717, 1.165) is 19.0 Å². The second kappa shape index (κ2) is 6.63. The van der Waals surface area contributed by atoms with Crippen LogP contribution in [0.5, 0.6) is 0 Å². The van der Waals surface area contributed by atoms with Gasteiger partial charge in [-0.1, -0.05) is 25.1 Å². The minimum atomic E-state index is 0.858. The summed E-state index contributed by atoms with van der Waals surface area (Å²) < 4.78 is 0. The number of aryl methyl sites for hydroxylation is 1. The van der Waals surface area contributed by atoms with Crippen LogP contribution in [0, 0.1) is 12.8 Å². The van der Waals surface area contributed by atoms with E-state index >= 15 is 0 Å². The van der Waals surface area contributed by atoms with Crippen molar-refractivity contribution < 1.29 is 0 Å². The molecule has 0 spiro atoms. The molecular weight excluding hydrogens is 258 g/mol. The molecule has 0 radical (unpaired) electrons. The van der Waals surface area contributed by atoms with Gasteiger partial charge in [-0.05, 0) is 56.9 Å². The molecule has 2 heterocycles. The molecule has 0 bridgehead atoms. The van der Waals surface area contributed by atoms with Crippen molar-refractivity contribution in [3.8, 4) is 0 Å². The highest BCUT2D eigenvalue weighted by molar-refractivity contribution is 5.84. The second-order valence-electron chi connectivity index (χ2n) is 6.30. The fourth-order valence-electron chi connectivity index (χ4n) is 3.50. The fraction of sp³-hybridized carbons (Fsp3) is 0.556. The Bertz CT molecular complexity index is 581. The molecule has 1 saturated heterocycles. The van der Waals surface area contributed by atoms with E-state index in [1.807, 2.05) is 0 Å². The predicted octanol–water partition coefficient (Wildman–Crippen LogP) is 3.30.